The number of amides is 1. The Bertz CT molecular complexity index is 1240. The van der Waals surface area contributed by atoms with Crippen LogP contribution in [0.5, 0.6) is 11.5 Å². The van der Waals surface area contributed by atoms with Crippen LogP contribution in [0, 0.1) is 17.7 Å². The minimum Gasteiger partial charge on any atom is -0.457 e. The van der Waals surface area contributed by atoms with Crippen molar-refractivity contribution in [3.8, 4) is 22.8 Å². The van der Waals surface area contributed by atoms with Gasteiger partial charge in [-0.1, -0.05) is 19.9 Å². The third kappa shape index (κ3) is 5.26. The summed E-state index contributed by atoms with van der Waals surface area (Å²) in [5.41, 5.74) is 5.38. The minimum atomic E-state index is -0.00469. The maximum absolute atomic E-state index is 12.8. The van der Waals surface area contributed by atoms with E-state index < -0.39 is 0 Å². The van der Waals surface area contributed by atoms with Crippen molar-refractivity contribution >= 4 is 17.8 Å². The summed E-state index contributed by atoms with van der Waals surface area (Å²) in [7, 11) is 1.82. The SMILES string of the molecule is CC.CNc1cc(Oc2ccnc(-c3ccc(C(=O)NC4CC5(CNC5)C4)c(C)c3)c2)ccc1C=N. The monoisotopic (exact) mass is 485 g/mol. The summed E-state index contributed by atoms with van der Waals surface area (Å²) >= 11 is 0. The number of hydrogen-bond donors (Lipinski definition) is 4. The van der Waals surface area contributed by atoms with Crippen LogP contribution in [0.2, 0.25) is 0 Å². The topological polar surface area (TPSA) is 99.1 Å². The van der Waals surface area contributed by atoms with Gasteiger partial charge in [-0.3, -0.25) is 9.78 Å². The smallest absolute Gasteiger partial charge is 0.251 e. The lowest BCUT2D eigenvalue weighted by molar-refractivity contribution is 0.0232. The van der Waals surface area contributed by atoms with Gasteiger partial charge in [-0.2, -0.15) is 0 Å². The van der Waals surface area contributed by atoms with Gasteiger partial charge in [0.15, 0.2) is 0 Å². The summed E-state index contributed by atoms with van der Waals surface area (Å²) < 4.78 is 6.04. The standard InChI is InChI=1S/C27H29N5O2.C2H6/c1-17-9-18(4-6-23(17)26(33)32-20-12-27(13-20)15-30-16-27)25-11-22(7-8-31-25)34-21-5-3-19(14-28)24(10-21)29-2;1-2/h3-11,14,20,28-30H,12-13,15-16H2,1-2H3,(H,32,33);1-2H3. The van der Waals surface area contributed by atoms with Gasteiger partial charge in [0.2, 0.25) is 0 Å². The molecule has 1 aliphatic carbocycles. The fraction of sp³-hybridized carbons (Fsp3) is 0.345. The average Bonchev–Trinajstić information content (AvgIpc) is 2.86. The quantitative estimate of drug-likeness (QED) is 0.336. The molecule has 2 aliphatic rings. The highest BCUT2D eigenvalue weighted by atomic mass is 16.5. The lowest BCUT2D eigenvalue weighted by atomic mass is 9.61. The van der Waals surface area contributed by atoms with Crippen molar-refractivity contribution in [2.45, 2.75) is 39.7 Å². The third-order valence-electron chi connectivity index (χ3n) is 6.88. The van der Waals surface area contributed by atoms with E-state index in [0.717, 1.165) is 54.0 Å². The molecule has 0 atom stereocenters. The van der Waals surface area contributed by atoms with Crippen LogP contribution >= 0.6 is 0 Å². The fourth-order valence-electron chi connectivity index (χ4n) is 4.91. The summed E-state index contributed by atoms with van der Waals surface area (Å²) in [6.07, 6.45) is 5.16. The zero-order valence-corrected chi connectivity index (χ0v) is 21.4. The Morgan fingerprint density at radius 1 is 1.11 bits per heavy atom. The molecule has 1 saturated heterocycles. The molecule has 7 heteroatoms. The van der Waals surface area contributed by atoms with E-state index in [2.05, 4.69) is 20.9 Å². The predicted molar refractivity (Wildman–Crippen MR) is 145 cm³/mol. The van der Waals surface area contributed by atoms with Crippen molar-refractivity contribution in [1.82, 2.24) is 15.6 Å². The summed E-state index contributed by atoms with van der Waals surface area (Å²) in [5.74, 6) is 1.33. The van der Waals surface area contributed by atoms with Gasteiger partial charge in [-0.15, -0.1) is 0 Å². The molecule has 4 N–H and O–H groups in total. The number of hydrogen-bond acceptors (Lipinski definition) is 6. The molecule has 0 unspecified atom stereocenters. The van der Waals surface area contributed by atoms with E-state index >= 15 is 0 Å². The zero-order valence-electron chi connectivity index (χ0n) is 21.4. The van der Waals surface area contributed by atoms with Crippen molar-refractivity contribution in [1.29, 1.82) is 5.41 Å². The van der Waals surface area contributed by atoms with Gasteiger partial charge in [0, 0.05) is 73.1 Å². The van der Waals surface area contributed by atoms with Crippen LogP contribution in [0.25, 0.3) is 11.3 Å². The van der Waals surface area contributed by atoms with Crippen LogP contribution in [0.1, 0.15) is 48.2 Å². The average molecular weight is 486 g/mol. The number of aryl methyl sites for hydroxylation is 1. The normalized spacial score (nSPS) is 15.6. The van der Waals surface area contributed by atoms with Gasteiger partial charge in [-0.05, 0) is 61.1 Å². The van der Waals surface area contributed by atoms with Gasteiger partial charge in [-0.25, -0.2) is 0 Å². The molecule has 36 heavy (non-hydrogen) atoms. The lowest BCUT2D eigenvalue weighted by Gasteiger charge is -2.54. The van der Waals surface area contributed by atoms with E-state index in [1.54, 1.807) is 6.20 Å². The second-order valence-corrected chi connectivity index (χ2v) is 9.33. The summed E-state index contributed by atoms with van der Waals surface area (Å²) in [5, 5.41) is 17.1. The van der Waals surface area contributed by atoms with Crippen molar-refractivity contribution in [2.24, 2.45) is 5.41 Å². The predicted octanol–water partition coefficient (Wildman–Crippen LogP) is 5.40. The molecule has 1 aromatic heterocycles. The van der Waals surface area contributed by atoms with Gasteiger partial charge < -0.3 is 26.1 Å². The minimum absolute atomic E-state index is 0.00469. The Balaban J connectivity index is 0.00000148. The van der Waals surface area contributed by atoms with Crippen LogP contribution in [0.15, 0.2) is 54.7 Å². The number of aromatic nitrogens is 1. The second kappa shape index (κ2) is 10.9. The maximum atomic E-state index is 12.8. The molecule has 2 heterocycles. The van der Waals surface area contributed by atoms with Crippen molar-refractivity contribution < 1.29 is 9.53 Å². The molecule has 3 aromatic rings. The van der Waals surface area contributed by atoms with Crippen molar-refractivity contribution in [2.75, 3.05) is 25.5 Å². The highest BCUT2D eigenvalue weighted by Gasteiger charge is 2.48. The van der Waals surface area contributed by atoms with E-state index in [9.17, 15) is 4.79 Å². The number of anilines is 1. The number of nitrogens with one attached hydrogen (secondary N) is 4. The first kappa shape index (κ1) is 25.4. The lowest BCUT2D eigenvalue weighted by Crippen LogP contribution is -2.65. The molecule has 1 saturated carbocycles. The molecular weight excluding hydrogens is 450 g/mol. The van der Waals surface area contributed by atoms with Gasteiger partial charge >= 0.3 is 0 Å². The van der Waals surface area contributed by atoms with E-state index in [-0.39, 0.29) is 11.9 Å². The molecule has 1 spiro atoms. The fourth-order valence-corrected chi connectivity index (χ4v) is 4.91. The molecule has 0 bridgehead atoms. The first-order chi connectivity index (χ1) is 17.5. The van der Waals surface area contributed by atoms with E-state index in [1.165, 1.54) is 6.21 Å². The molecule has 1 aliphatic heterocycles. The maximum Gasteiger partial charge on any atom is 0.251 e. The van der Waals surface area contributed by atoms with Crippen LogP contribution < -0.4 is 20.7 Å². The van der Waals surface area contributed by atoms with E-state index in [4.69, 9.17) is 10.1 Å². The number of benzene rings is 2. The Morgan fingerprint density at radius 3 is 2.50 bits per heavy atom. The molecule has 188 valence electrons. The molecule has 2 aromatic carbocycles. The van der Waals surface area contributed by atoms with E-state index in [0.29, 0.717) is 22.5 Å². The first-order valence-corrected chi connectivity index (χ1v) is 12.6. The van der Waals surface area contributed by atoms with Crippen LogP contribution in [0.4, 0.5) is 5.69 Å². The molecule has 5 rings (SSSR count). The number of rotatable bonds is 7. The first-order valence-electron chi connectivity index (χ1n) is 12.6. The van der Waals surface area contributed by atoms with Crippen LogP contribution in [0.3, 0.4) is 0 Å². The number of carbonyl (C=O) groups is 1. The molecule has 2 fully saturated rings. The number of pyridine rings is 1. The Hall–Kier alpha value is -3.71. The summed E-state index contributed by atoms with van der Waals surface area (Å²) in [4.78, 5) is 17.3. The Labute approximate surface area is 213 Å². The molecule has 1 amide bonds. The Kier molecular flexibility index (Phi) is 7.70. The summed E-state index contributed by atoms with van der Waals surface area (Å²) in [6, 6.07) is 15.3. The van der Waals surface area contributed by atoms with E-state index in [1.807, 2.05) is 76.3 Å². The second-order valence-electron chi connectivity index (χ2n) is 9.33. The highest BCUT2D eigenvalue weighted by molar-refractivity contribution is 5.96. The molecule has 7 nitrogen and oxygen atoms in total. The highest BCUT2D eigenvalue weighted by Crippen LogP contribution is 2.44. The Morgan fingerprint density at radius 2 is 1.86 bits per heavy atom. The van der Waals surface area contributed by atoms with Crippen LogP contribution in [-0.4, -0.2) is 43.3 Å². The third-order valence-corrected chi connectivity index (χ3v) is 6.88. The van der Waals surface area contributed by atoms with Gasteiger partial charge in [0.05, 0.1) is 5.69 Å². The number of nitrogens with zero attached hydrogens (tertiary/aromatic N) is 1. The largest absolute Gasteiger partial charge is 0.457 e. The number of carbonyl (C=O) groups excluding carboxylic acids is 1. The summed E-state index contributed by atoms with van der Waals surface area (Å²) in [6.45, 7) is 8.12. The molecular formula is C29H35N5O2. The van der Waals surface area contributed by atoms with Crippen molar-refractivity contribution in [3.05, 3.63) is 71.4 Å². The van der Waals surface area contributed by atoms with Gasteiger partial charge in [0.25, 0.3) is 5.91 Å². The zero-order chi connectivity index (χ0) is 25.7. The molecule has 0 radical (unpaired) electrons. The number of ether oxygens (including phenoxy) is 1. The van der Waals surface area contributed by atoms with Gasteiger partial charge in [0.1, 0.15) is 11.5 Å². The van der Waals surface area contributed by atoms with Crippen molar-refractivity contribution in [3.63, 3.8) is 0 Å². The van der Waals surface area contributed by atoms with Crippen LogP contribution in [-0.2, 0) is 0 Å².